The maximum absolute atomic E-state index is 11.9. The van der Waals surface area contributed by atoms with Gasteiger partial charge in [0, 0.05) is 4.47 Å². The predicted octanol–water partition coefficient (Wildman–Crippen LogP) is 4.47. The third-order valence-electron chi connectivity index (χ3n) is 1.83. The van der Waals surface area contributed by atoms with E-state index in [1.54, 1.807) is 6.07 Å². The molecule has 0 saturated heterocycles. The molecule has 1 aromatic rings. The van der Waals surface area contributed by atoms with Gasteiger partial charge in [-0.3, -0.25) is 0 Å². The SMILES string of the molecule is CC(C)c1ccc(OC(F)(F)F)cc1Br. The molecular weight excluding hydrogens is 273 g/mol. The number of hydrogen-bond acceptors (Lipinski definition) is 1. The minimum absolute atomic E-state index is 0.209. The molecule has 0 aromatic heterocycles. The molecular formula is C10H10BrF3O. The summed E-state index contributed by atoms with van der Waals surface area (Å²) in [6, 6.07) is 4.26. The fourth-order valence-corrected chi connectivity index (χ4v) is 1.99. The molecule has 0 N–H and O–H groups in total. The molecule has 0 radical (unpaired) electrons. The standard InChI is InChI=1S/C10H10BrF3O/c1-6(2)8-4-3-7(5-9(8)11)15-10(12,13)14/h3-6H,1-2H3. The molecule has 0 aliphatic carbocycles. The summed E-state index contributed by atoms with van der Waals surface area (Å²) >= 11 is 3.21. The van der Waals surface area contributed by atoms with Crippen molar-refractivity contribution in [2.45, 2.75) is 26.1 Å². The number of rotatable bonds is 2. The summed E-state index contributed by atoms with van der Waals surface area (Å²) in [6.07, 6.45) is -4.64. The Bertz CT molecular complexity index is 347. The molecule has 0 saturated carbocycles. The number of hydrogen-bond donors (Lipinski definition) is 0. The van der Waals surface area contributed by atoms with E-state index in [0.29, 0.717) is 4.47 Å². The molecule has 1 aromatic carbocycles. The minimum Gasteiger partial charge on any atom is -0.406 e. The molecule has 5 heteroatoms. The Kier molecular flexibility index (Phi) is 3.65. The Hall–Kier alpha value is -0.710. The summed E-state index contributed by atoms with van der Waals surface area (Å²) < 4.78 is 40.1. The van der Waals surface area contributed by atoms with Gasteiger partial charge in [0.15, 0.2) is 0 Å². The van der Waals surface area contributed by atoms with Gasteiger partial charge in [-0.1, -0.05) is 35.8 Å². The first-order valence-corrected chi connectivity index (χ1v) is 5.14. The maximum Gasteiger partial charge on any atom is 0.573 e. The van der Waals surface area contributed by atoms with Crippen molar-refractivity contribution in [3.8, 4) is 5.75 Å². The van der Waals surface area contributed by atoms with Crippen molar-refractivity contribution in [2.24, 2.45) is 0 Å². The molecule has 0 atom stereocenters. The van der Waals surface area contributed by atoms with Crippen LogP contribution in [0.15, 0.2) is 22.7 Å². The smallest absolute Gasteiger partial charge is 0.406 e. The summed E-state index contributed by atoms with van der Waals surface area (Å²) in [5.41, 5.74) is 0.949. The van der Waals surface area contributed by atoms with E-state index in [1.165, 1.54) is 12.1 Å². The Labute approximate surface area is 94.4 Å². The van der Waals surface area contributed by atoms with E-state index < -0.39 is 6.36 Å². The first-order valence-electron chi connectivity index (χ1n) is 4.35. The van der Waals surface area contributed by atoms with Crippen LogP contribution in [0.5, 0.6) is 5.75 Å². The van der Waals surface area contributed by atoms with Gasteiger partial charge in [-0.2, -0.15) is 0 Å². The second-order valence-corrected chi connectivity index (χ2v) is 4.24. The Morgan fingerprint density at radius 3 is 2.27 bits per heavy atom. The van der Waals surface area contributed by atoms with E-state index in [9.17, 15) is 13.2 Å². The molecule has 15 heavy (non-hydrogen) atoms. The van der Waals surface area contributed by atoms with Gasteiger partial charge in [-0.05, 0) is 23.6 Å². The summed E-state index contributed by atoms with van der Waals surface area (Å²) in [5, 5.41) is 0. The molecule has 0 spiro atoms. The highest BCUT2D eigenvalue weighted by molar-refractivity contribution is 9.10. The van der Waals surface area contributed by atoms with Crippen LogP contribution in [-0.4, -0.2) is 6.36 Å². The Balaban J connectivity index is 2.92. The lowest BCUT2D eigenvalue weighted by molar-refractivity contribution is -0.274. The largest absolute Gasteiger partial charge is 0.573 e. The van der Waals surface area contributed by atoms with Crippen molar-refractivity contribution in [1.29, 1.82) is 0 Å². The van der Waals surface area contributed by atoms with Crippen LogP contribution in [0.1, 0.15) is 25.3 Å². The first-order chi connectivity index (χ1) is 6.79. The highest BCUT2D eigenvalue weighted by atomic mass is 79.9. The quantitative estimate of drug-likeness (QED) is 0.778. The van der Waals surface area contributed by atoms with Gasteiger partial charge in [0.1, 0.15) is 5.75 Å². The highest BCUT2D eigenvalue weighted by Crippen LogP contribution is 2.31. The molecule has 1 nitrogen and oxygen atoms in total. The normalized spacial score (nSPS) is 11.9. The Morgan fingerprint density at radius 2 is 1.87 bits per heavy atom. The van der Waals surface area contributed by atoms with E-state index in [4.69, 9.17) is 0 Å². The van der Waals surface area contributed by atoms with Crippen molar-refractivity contribution in [3.63, 3.8) is 0 Å². The van der Waals surface area contributed by atoms with Crippen LogP contribution in [0.2, 0.25) is 0 Å². The summed E-state index contributed by atoms with van der Waals surface area (Å²) in [4.78, 5) is 0. The fourth-order valence-electron chi connectivity index (χ4n) is 1.17. The molecule has 0 amide bonds. The first kappa shape index (κ1) is 12.4. The molecule has 0 bridgehead atoms. The zero-order valence-electron chi connectivity index (χ0n) is 8.23. The number of benzene rings is 1. The lowest BCUT2D eigenvalue weighted by atomic mass is 10.0. The van der Waals surface area contributed by atoms with E-state index in [-0.39, 0.29) is 11.7 Å². The van der Waals surface area contributed by atoms with Crippen molar-refractivity contribution >= 4 is 15.9 Å². The third kappa shape index (κ3) is 3.74. The van der Waals surface area contributed by atoms with Crippen molar-refractivity contribution < 1.29 is 17.9 Å². The van der Waals surface area contributed by atoms with Crippen molar-refractivity contribution in [2.75, 3.05) is 0 Å². The molecule has 0 heterocycles. The van der Waals surface area contributed by atoms with Gasteiger partial charge in [-0.25, -0.2) is 0 Å². The fraction of sp³-hybridized carbons (Fsp3) is 0.400. The van der Waals surface area contributed by atoms with Crippen LogP contribution < -0.4 is 4.74 Å². The molecule has 0 aliphatic heterocycles. The van der Waals surface area contributed by atoms with Crippen LogP contribution in [-0.2, 0) is 0 Å². The van der Waals surface area contributed by atoms with E-state index in [1.807, 2.05) is 13.8 Å². The van der Waals surface area contributed by atoms with Crippen LogP contribution >= 0.6 is 15.9 Å². The van der Waals surface area contributed by atoms with Crippen LogP contribution in [0.25, 0.3) is 0 Å². The van der Waals surface area contributed by atoms with Crippen LogP contribution in [0.3, 0.4) is 0 Å². The second kappa shape index (κ2) is 4.43. The second-order valence-electron chi connectivity index (χ2n) is 3.39. The van der Waals surface area contributed by atoms with Crippen LogP contribution in [0, 0.1) is 0 Å². The average Bonchev–Trinajstić information content (AvgIpc) is 1.99. The molecule has 0 unspecified atom stereocenters. The lowest BCUT2D eigenvalue weighted by Gasteiger charge is -2.12. The van der Waals surface area contributed by atoms with Crippen LogP contribution in [0.4, 0.5) is 13.2 Å². The summed E-state index contributed by atoms with van der Waals surface area (Å²) in [5.74, 6) is 0.0399. The molecule has 1 rings (SSSR count). The van der Waals surface area contributed by atoms with E-state index >= 15 is 0 Å². The third-order valence-corrected chi connectivity index (χ3v) is 2.51. The Morgan fingerprint density at radius 1 is 1.27 bits per heavy atom. The highest BCUT2D eigenvalue weighted by Gasteiger charge is 2.31. The maximum atomic E-state index is 11.9. The van der Waals surface area contributed by atoms with Gasteiger partial charge in [0.25, 0.3) is 0 Å². The van der Waals surface area contributed by atoms with E-state index in [0.717, 1.165) is 5.56 Å². The van der Waals surface area contributed by atoms with Gasteiger partial charge in [0.2, 0.25) is 0 Å². The van der Waals surface area contributed by atoms with Gasteiger partial charge >= 0.3 is 6.36 Å². The predicted molar refractivity (Wildman–Crippen MR) is 54.9 cm³/mol. The van der Waals surface area contributed by atoms with Crippen molar-refractivity contribution in [3.05, 3.63) is 28.2 Å². The van der Waals surface area contributed by atoms with Gasteiger partial charge in [-0.15, -0.1) is 13.2 Å². The average molecular weight is 283 g/mol. The zero-order valence-corrected chi connectivity index (χ0v) is 9.82. The lowest BCUT2D eigenvalue weighted by Crippen LogP contribution is -2.17. The summed E-state index contributed by atoms with van der Waals surface area (Å²) in [7, 11) is 0. The number of alkyl halides is 3. The molecule has 0 aliphatic rings. The molecule has 84 valence electrons. The van der Waals surface area contributed by atoms with E-state index in [2.05, 4.69) is 20.7 Å². The minimum atomic E-state index is -4.64. The summed E-state index contributed by atoms with van der Waals surface area (Å²) in [6.45, 7) is 3.93. The number of ether oxygens (including phenoxy) is 1. The molecule has 0 fully saturated rings. The van der Waals surface area contributed by atoms with Crippen molar-refractivity contribution in [1.82, 2.24) is 0 Å². The monoisotopic (exact) mass is 282 g/mol. The number of halogens is 4. The van der Waals surface area contributed by atoms with Gasteiger partial charge in [0.05, 0.1) is 0 Å². The van der Waals surface area contributed by atoms with Gasteiger partial charge < -0.3 is 4.74 Å². The zero-order chi connectivity index (χ0) is 11.6. The topological polar surface area (TPSA) is 9.23 Å².